The minimum Gasteiger partial charge on any atom is -0.475 e. The smallest absolute Gasteiger partial charge is 0.372 e. The predicted octanol–water partition coefficient (Wildman–Crippen LogP) is 3.47. The fraction of sp³-hybridized carbons (Fsp3) is 0.400. The van der Waals surface area contributed by atoms with Crippen molar-refractivity contribution in [2.75, 3.05) is 6.54 Å². The Labute approximate surface area is 121 Å². The highest BCUT2D eigenvalue weighted by Crippen LogP contribution is 2.34. The standard InChI is InChI=1S/C15H17NO3S/c1-9-7-11(19-14(9)15(17)18)8-16-5-3-13-12(10(16)2)4-6-20-13/h4,6-7,10H,3,5,8H2,1-2H3,(H,17,18). The fourth-order valence-corrected chi connectivity index (χ4v) is 3.78. The molecule has 1 aliphatic rings. The quantitative estimate of drug-likeness (QED) is 0.941. The lowest BCUT2D eigenvalue weighted by Crippen LogP contribution is -2.32. The minimum atomic E-state index is -0.999. The predicted molar refractivity (Wildman–Crippen MR) is 77.3 cm³/mol. The Morgan fingerprint density at radius 2 is 2.40 bits per heavy atom. The number of rotatable bonds is 3. The Morgan fingerprint density at radius 3 is 3.10 bits per heavy atom. The second-order valence-electron chi connectivity index (χ2n) is 5.23. The molecule has 0 spiro atoms. The van der Waals surface area contributed by atoms with Gasteiger partial charge in [0.05, 0.1) is 6.54 Å². The Kier molecular flexibility index (Phi) is 3.40. The molecule has 0 amide bonds. The van der Waals surface area contributed by atoms with Crippen molar-refractivity contribution in [2.45, 2.75) is 32.9 Å². The molecular weight excluding hydrogens is 274 g/mol. The molecule has 4 nitrogen and oxygen atoms in total. The maximum atomic E-state index is 11.0. The first kappa shape index (κ1) is 13.4. The van der Waals surface area contributed by atoms with Gasteiger partial charge in [0.1, 0.15) is 5.76 Å². The number of fused-ring (bicyclic) bond motifs is 1. The van der Waals surface area contributed by atoms with Crippen LogP contribution in [0.1, 0.15) is 45.3 Å². The van der Waals surface area contributed by atoms with Crippen LogP contribution in [0.3, 0.4) is 0 Å². The van der Waals surface area contributed by atoms with Gasteiger partial charge in [0.2, 0.25) is 5.76 Å². The summed E-state index contributed by atoms with van der Waals surface area (Å²) in [5.74, 6) is -0.216. The van der Waals surface area contributed by atoms with Crippen LogP contribution in [0.5, 0.6) is 0 Å². The maximum Gasteiger partial charge on any atom is 0.372 e. The lowest BCUT2D eigenvalue weighted by atomic mass is 10.0. The third kappa shape index (κ3) is 2.27. The summed E-state index contributed by atoms with van der Waals surface area (Å²) in [6.07, 6.45) is 1.06. The number of nitrogens with zero attached hydrogens (tertiary/aromatic N) is 1. The van der Waals surface area contributed by atoms with Gasteiger partial charge in [0, 0.05) is 23.0 Å². The number of carboxylic acid groups (broad SMARTS) is 1. The summed E-state index contributed by atoms with van der Waals surface area (Å²) < 4.78 is 5.46. The summed E-state index contributed by atoms with van der Waals surface area (Å²) in [5.41, 5.74) is 2.08. The molecule has 2 aromatic rings. The topological polar surface area (TPSA) is 53.7 Å². The Balaban J connectivity index is 1.79. The van der Waals surface area contributed by atoms with Crippen LogP contribution >= 0.6 is 11.3 Å². The summed E-state index contributed by atoms with van der Waals surface area (Å²) in [6.45, 7) is 5.60. The van der Waals surface area contributed by atoms with E-state index in [0.29, 0.717) is 18.2 Å². The molecule has 0 saturated heterocycles. The first-order valence-electron chi connectivity index (χ1n) is 6.69. The van der Waals surface area contributed by atoms with Gasteiger partial charge < -0.3 is 9.52 Å². The van der Waals surface area contributed by atoms with Crippen molar-refractivity contribution in [1.82, 2.24) is 4.90 Å². The molecule has 106 valence electrons. The number of carbonyl (C=O) groups is 1. The van der Waals surface area contributed by atoms with E-state index in [-0.39, 0.29) is 5.76 Å². The molecule has 1 N–H and O–H groups in total. The zero-order chi connectivity index (χ0) is 14.3. The van der Waals surface area contributed by atoms with Crippen LogP contribution < -0.4 is 0 Å². The van der Waals surface area contributed by atoms with Crippen LogP contribution in [0.25, 0.3) is 0 Å². The summed E-state index contributed by atoms with van der Waals surface area (Å²) >= 11 is 1.82. The molecule has 1 aliphatic heterocycles. The highest BCUT2D eigenvalue weighted by atomic mass is 32.1. The highest BCUT2D eigenvalue weighted by molar-refractivity contribution is 7.10. The molecule has 5 heteroatoms. The van der Waals surface area contributed by atoms with E-state index < -0.39 is 5.97 Å². The van der Waals surface area contributed by atoms with E-state index in [2.05, 4.69) is 23.3 Å². The van der Waals surface area contributed by atoms with Crippen LogP contribution in [0, 0.1) is 6.92 Å². The summed E-state index contributed by atoms with van der Waals surface area (Å²) in [4.78, 5) is 14.8. The molecule has 3 heterocycles. The van der Waals surface area contributed by atoms with E-state index >= 15 is 0 Å². The minimum absolute atomic E-state index is 0.0564. The van der Waals surface area contributed by atoms with E-state index in [1.807, 2.05) is 17.4 Å². The van der Waals surface area contributed by atoms with Crippen molar-refractivity contribution < 1.29 is 14.3 Å². The van der Waals surface area contributed by atoms with E-state index in [4.69, 9.17) is 9.52 Å². The van der Waals surface area contributed by atoms with Gasteiger partial charge in [0.25, 0.3) is 0 Å². The van der Waals surface area contributed by atoms with Gasteiger partial charge in [-0.25, -0.2) is 4.79 Å². The number of hydrogen-bond acceptors (Lipinski definition) is 4. The second-order valence-corrected chi connectivity index (χ2v) is 6.23. The average Bonchev–Trinajstić information content (AvgIpc) is 2.99. The lowest BCUT2D eigenvalue weighted by Gasteiger charge is -2.32. The third-order valence-electron chi connectivity index (χ3n) is 3.93. The molecular formula is C15H17NO3S. The van der Waals surface area contributed by atoms with Gasteiger partial charge in [0.15, 0.2) is 0 Å². The van der Waals surface area contributed by atoms with E-state index in [0.717, 1.165) is 18.7 Å². The molecule has 3 rings (SSSR count). The molecule has 0 radical (unpaired) electrons. The number of hydrogen-bond donors (Lipinski definition) is 1. The molecule has 1 unspecified atom stereocenters. The van der Waals surface area contributed by atoms with E-state index in [1.54, 1.807) is 6.92 Å². The van der Waals surface area contributed by atoms with Gasteiger partial charge in [-0.1, -0.05) is 0 Å². The largest absolute Gasteiger partial charge is 0.475 e. The highest BCUT2D eigenvalue weighted by Gasteiger charge is 2.26. The first-order valence-corrected chi connectivity index (χ1v) is 7.57. The average molecular weight is 291 g/mol. The number of thiophene rings is 1. The third-order valence-corrected chi connectivity index (χ3v) is 4.92. The van der Waals surface area contributed by atoms with Gasteiger partial charge in [-0.3, -0.25) is 4.90 Å². The Hall–Kier alpha value is -1.59. The number of furan rings is 1. The van der Waals surface area contributed by atoms with Crippen molar-refractivity contribution in [3.8, 4) is 0 Å². The lowest BCUT2D eigenvalue weighted by molar-refractivity contribution is 0.0656. The number of aryl methyl sites for hydroxylation is 1. The van der Waals surface area contributed by atoms with E-state index in [1.165, 1.54) is 10.4 Å². The molecule has 0 aliphatic carbocycles. The molecule has 20 heavy (non-hydrogen) atoms. The summed E-state index contributed by atoms with van der Waals surface area (Å²) in [5, 5.41) is 11.2. The first-order chi connectivity index (χ1) is 9.56. The van der Waals surface area contributed by atoms with Crippen LogP contribution in [0.4, 0.5) is 0 Å². The van der Waals surface area contributed by atoms with Crippen molar-refractivity contribution >= 4 is 17.3 Å². The zero-order valence-corrected chi connectivity index (χ0v) is 12.4. The van der Waals surface area contributed by atoms with Crippen LogP contribution in [0.2, 0.25) is 0 Å². The van der Waals surface area contributed by atoms with Crippen molar-refractivity contribution in [1.29, 1.82) is 0 Å². The molecule has 0 bridgehead atoms. The van der Waals surface area contributed by atoms with E-state index in [9.17, 15) is 4.79 Å². The molecule has 1 atom stereocenters. The number of aromatic carboxylic acids is 1. The van der Waals surface area contributed by atoms with Crippen molar-refractivity contribution in [2.24, 2.45) is 0 Å². The zero-order valence-electron chi connectivity index (χ0n) is 11.5. The van der Waals surface area contributed by atoms with Crippen LogP contribution in [-0.4, -0.2) is 22.5 Å². The molecule has 2 aromatic heterocycles. The molecule has 0 fully saturated rings. The van der Waals surface area contributed by atoms with Crippen molar-refractivity contribution in [3.63, 3.8) is 0 Å². The summed E-state index contributed by atoms with van der Waals surface area (Å²) in [7, 11) is 0. The fourth-order valence-electron chi connectivity index (χ4n) is 2.82. The maximum absolute atomic E-state index is 11.0. The monoisotopic (exact) mass is 291 g/mol. The van der Waals surface area contributed by atoms with Crippen molar-refractivity contribution in [3.05, 3.63) is 45.0 Å². The Morgan fingerprint density at radius 1 is 1.60 bits per heavy atom. The van der Waals surface area contributed by atoms with Gasteiger partial charge in [-0.15, -0.1) is 11.3 Å². The second kappa shape index (κ2) is 5.07. The normalized spacial score (nSPS) is 19.0. The van der Waals surface area contributed by atoms with Crippen LogP contribution in [0.15, 0.2) is 21.9 Å². The van der Waals surface area contributed by atoms with Gasteiger partial charge in [-0.2, -0.15) is 0 Å². The number of carboxylic acids is 1. The van der Waals surface area contributed by atoms with Gasteiger partial charge >= 0.3 is 5.97 Å². The summed E-state index contributed by atoms with van der Waals surface area (Å²) in [6, 6.07) is 4.37. The SMILES string of the molecule is Cc1cc(CN2CCc3sccc3C2C)oc1C(=O)O. The Bertz CT molecular complexity index is 643. The van der Waals surface area contributed by atoms with Gasteiger partial charge in [-0.05, 0) is 43.3 Å². The molecule has 0 saturated carbocycles. The van der Waals surface area contributed by atoms with Crippen LogP contribution in [-0.2, 0) is 13.0 Å². The molecule has 0 aromatic carbocycles.